The van der Waals surface area contributed by atoms with Crippen molar-refractivity contribution in [2.45, 2.75) is 143 Å². The molecule has 0 bridgehead atoms. The number of hydrogen-bond acceptors (Lipinski definition) is 0. The van der Waals surface area contributed by atoms with E-state index in [1.54, 1.807) is 50.3 Å². The molecule has 1 heteroatoms. The van der Waals surface area contributed by atoms with Gasteiger partial charge in [-0.15, -0.1) is 0 Å². The first kappa shape index (κ1) is 27.4. The van der Waals surface area contributed by atoms with Crippen molar-refractivity contribution >= 4 is 7.26 Å². The predicted octanol–water partition coefficient (Wildman–Crippen LogP) is 10.1. The highest BCUT2D eigenvalue weighted by Gasteiger charge is 2.34. The summed E-state index contributed by atoms with van der Waals surface area (Å²) < 4.78 is 0. The zero-order valence-corrected chi connectivity index (χ0v) is 20.9. The van der Waals surface area contributed by atoms with Gasteiger partial charge in [0.2, 0.25) is 0 Å². The monoisotopic (exact) mass is 399 g/mol. The quantitative estimate of drug-likeness (QED) is 0.125. The first-order valence-corrected chi connectivity index (χ1v) is 15.6. The Balaban J connectivity index is 4.61. The Bertz CT molecular complexity index is 242. The Morgan fingerprint density at radius 1 is 0.296 bits per heavy atom. The van der Waals surface area contributed by atoms with Crippen molar-refractivity contribution < 1.29 is 0 Å². The second-order valence-electron chi connectivity index (χ2n) is 9.19. The summed E-state index contributed by atoms with van der Waals surface area (Å²) in [6.45, 7) is 9.40. The van der Waals surface area contributed by atoms with Crippen LogP contribution in [-0.2, 0) is 0 Å². The van der Waals surface area contributed by atoms with Crippen molar-refractivity contribution in [1.82, 2.24) is 0 Å². The molecule has 0 unspecified atom stereocenters. The molecule has 0 fully saturated rings. The van der Waals surface area contributed by atoms with Crippen LogP contribution in [0.3, 0.4) is 0 Å². The normalized spacial score (nSPS) is 12.0. The van der Waals surface area contributed by atoms with Gasteiger partial charge in [0, 0.05) is 7.26 Å². The minimum absolute atomic E-state index is 0.672. The van der Waals surface area contributed by atoms with Gasteiger partial charge in [-0.05, 0) is 51.4 Å². The summed E-state index contributed by atoms with van der Waals surface area (Å²) in [6, 6.07) is 0. The van der Waals surface area contributed by atoms with Crippen molar-refractivity contribution in [3.63, 3.8) is 0 Å². The zero-order chi connectivity index (χ0) is 20.1. The van der Waals surface area contributed by atoms with Crippen LogP contribution in [0.2, 0.25) is 0 Å². The topological polar surface area (TPSA) is 0 Å². The molecule has 0 aliphatic carbocycles. The summed E-state index contributed by atoms with van der Waals surface area (Å²) >= 11 is 0. The van der Waals surface area contributed by atoms with Crippen molar-refractivity contribution in [1.29, 1.82) is 0 Å². The van der Waals surface area contributed by atoms with Gasteiger partial charge < -0.3 is 0 Å². The fourth-order valence-corrected chi connectivity index (χ4v) is 9.44. The summed E-state index contributed by atoms with van der Waals surface area (Å²) in [5.74, 6) is 0. The lowest BCUT2D eigenvalue weighted by molar-refractivity contribution is 0.623. The maximum Gasteiger partial charge on any atom is 0.0594 e. The third kappa shape index (κ3) is 17.0. The molecule has 0 heterocycles. The van der Waals surface area contributed by atoms with Crippen molar-refractivity contribution in [3.05, 3.63) is 0 Å². The molecule has 0 N–H and O–H groups in total. The Hall–Kier alpha value is 0.430. The highest BCUT2D eigenvalue weighted by Crippen LogP contribution is 2.61. The highest BCUT2D eigenvalue weighted by molar-refractivity contribution is 7.75. The number of unbranched alkanes of at least 4 members (excludes halogenated alkanes) is 14. The Morgan fingerprint density at radius 2 is 0.519 bits per heavy atom. The van der Waals surface area contributed by atoms with Crippen LogP contribution in [-0.4, -0.2) is 24.6 Å². The highest BCUT2D eigenvalue weighted by atomic mass is 31.2. The summed E-state index contributed by atoms with van der Waals surface area (Å²) in [4.78, 5) is 0. The van der Waals surface area contributed by atoms with Crippen LogP contribution in [0.15, 0.2) is 0 Å². The van der Waals surface area contributed by atoms with E-state index in [2.05, 4.69) is 27.7 Å². The standard InChI is InChI=1S/C26H56P/c1-5-9-13-17-18-22-26-27(23-19-14-10-6-2,24-20-15-11-7-3)25-21-16-12-8-4/h5-26H2,1-4H3/q+1. The van der Waals surface area contributed by atoms with Gasteiger partial charge in [-0.25, -0.2) is 0 Å². The third-order valence-corrected chi connectivity index (χ3v) is 11.5. The molecule has 0 radical (unpaired) electrons. The molecule has 0 aromatic carbocycles. The molecule has 0 atom stereocenters. The van der Waals surface area contributed by atoms with Crippen LogP contribution in [0.1, 0.15) is 143 Å². The van der Waals surface area contributed by atoms with Gasteiger partial charge in [0.1, 0.15) is 0 Å². The largest absolute Gasteiger partial charge is 0.0654 e. The number of hydrogen-bond donors (Lipinski definition) is 0. The molecule has 0 saturated carbocycles. The smallest absolute Gasteiger partial charge is 0.0594 e. The van der Waals surface area contributed by atoms with E-state index in [-0.39, 0.29) is 0 Å². The minimum Gasteiger partial charge on any atom is -0.0654 e. The van der Waals surface area contributed by atoms with Gasteiger partial charge in [-0.2, -0.15) is 0 Å². The fraction of sp³-hybridized carbons (Fsp3) is 1.00. The van der Waals surface area contributed by atoms with Crippen LogP contribution >= 0.6 is 7.26 Å². The lowest BCUT2D eigenvalue weighted by atomic mass is 10.1. The molecular weight excluding hydrogens is 343 g/mol. The van der Waals surface area contributed by atoms with E-state index in [0.29, 0.717) is 0 Å². The first-order chi connectivity index (χ1) is 13.2. The van der Waals surface area contributed by atoms with Crippen molar-refractivity contribution in [2.24, 2.45) is 0 Å². The fourth-order valence-electron chi connectivity index (χ4n) is 4.52. The van der Waals surface area contributed by atoms with E-state index in [4.69, 9.17) is 0 Å². The zero-order valence-electron chi connectivity index (χ0n) is 20.0. The van der Waals surface area contributed by atoms with Gasteiger partial charge >= 0.3 is 0 Å². The van der Waals surface area contributed by atoms with Gasteiger partial charge in [0.05, 0.1) is 24.6 Å². The molecular formula is C26H56P+. The van der Waals surface area contributed by atoms with E-state index in [1.165, 1.54) is 89.9 Å². The average molecular weight is 400 g/mol. The molecule has 0 aliphatic rings. The second-order valence-corrected chi connectivity index (χ2v) is 13.7. The van der Waals surface area contributed by atoms with E-state index >= 15 is 0 Å². The Morgan fingerprint density at radius 3 is 0.815 bits per heavy atom. The van der Waals surface area contributed by atoms with E-state index < -0.39 is 7.26 Å². The second kappa shape index (κ2) is 21.1. The Labute approximate surface area is 175 Å². The summed E-state index contributed by atoms with van der Waals surface area (Å²) in [5.41, 5.74) is 0. The van der Waals surface area contributed by atoms with Crippen LogP contribution in [0.5, 0.6) is 0 Å². The van der Waals surface area contributed by atoms with E-state index in [0.717, 1.165) is 0 Å². The summed E-state index contributed by atoms with van der Waals surface area (Å²) in [5, 5.41) is 0. The number of rotatable bonds is 22. The predicted molar refractivity (Wildman–Crippen MR) is 132 cm³/mol. The molecule has 0 saturated heterocycles. The van der Waals surface area contributed by atoms with Crippen LogP contribution in [0, 0.1) is 0 Å². The van der Waals surface area contributed by atoms with Crippen molar-refractivity contribution in [2.75, 3.05) is 24.6 Å². The lowest BCUT2D eigenvalue weighted by Gasteiger charge is -2.28. The lowest BCUT2D eigenvalue weighted by Crippen LogP contribution is -2.13. The average Bonchev–Trinajstić information content (AvgIpc) is 2.68. The van der Waals surface area contributed by atoms with Crippen LogP contribution < -0.4 is 0 Å². The minimum atomic E-state index is -0.672. The van der Waals surface area contributed by atoms with Crippen molar-refractivity contribution in [3.8, 4) is 0 Å². The summed E-state index contributed by atoms with van der Waals surface area (Å²) in [6.07, 6.45) is 33.1. The molecule has 0 nitrogen and oxygen atoms in total. The van der Waals surface area contributed by atoms with Gasteiger partial charge in [-0.3, -0.25) is 0 Å². The SMILES string of the molecule is CCCCCCCC[P+](CCCCCC)(CCCCCC)CCCCCC. The van der Waals surface area contributed by atoms with Crippen LogP contribution in [0.4, 0.5) is 0 Å². The maximum absolute atomic E-state index is 2.36. The molecule has 0 rings (SSSR count). The molecule has 164 valence electrons. The van der Waals surface area contributed by atoms with Gasteiger partial charge in [0.15, 0.2) is 0 Å². The Kier molecular flexibility index (Phi) is 21.5. The summed E-state index contributed by atoms with van der Waals surface area (Å²) in [7, 11) is -0.672. The van der Waals surface area contributed by atoms with Crippen LogP contribution in [0.25, 0.3) is 0 Å². The van der Waals surface area contributed by atoms with E-state index in [1.807, 2.05) is 0 Å². The molecule has 27 heavy (non-hydrogen) atoms. The molecule has 0 spiro atoms. The molecule has 0 amide bonds. The van der Waals surface area contributed by atoms with Gasteiger partial charge in [-0.1, -0.05) is 91.9 Å². The van der Waals surface area contributed by atoms with E-state index in [9.17, 15) is 0 Å². The first-order valence-electron chi connectivity index (χ1n) is 13.1. The molecule has 0 aromatic heterocycles. The maximum atomic E-state index is 2.36. The molecule has 0 aromatic rings. The molecule has 0 aliphatic heterocycles. The third-order valence-electron chi connectivity index (χ3n) is 6.44. The van der Waals surface area contributed by atoms with Gasteiger partial charge in [0.25, 0.3) is 0 Å².